The first-order valence-corrected chi connectivity index (χ1v) is 6.75. The van der Waals surface area contributed by atoms with E-state index >= 15 is 0 Å². The molecule has 0 spiro atoms. The molecular formula is C12H13ClN2OS. The molecule has 1 atom stereocenters. The second-order valence-electron chi connectivity index (χ2n) is 3.92. The van der Waals surface area contributed by atoms with Crippen LogP contribution in [0.5, 0.6) is 0 Å². The molecule has 1 heterocycles. The van der Waals surface area contributed by atoms with Crippen molar-refractivity contribution in [1.29, 1.82) is 0 Å². The summed E-state index contributed by atoms with van der Waals surface area (Å²) in [6, 6.07) is 7.76. The number of benzene rings is 1. The molecule has 1 amide bonds. The molecule has 0 unspecified atom stereocenters. The highest BCUT2D eigenvalue weighted by Gasteiger charge is 2.17. The molecule has 0 bridgehead atoms. The first-order valence-electron chi connectivity index (χ1n) is 5.39. The quantitative estimate of drug-likeness (QED) is 0.896. The van der Waals surface area contributed by atoms with Crippen molar-refractivity contribution in [2.75, 3.05) is 0 Å². The van der Waals surface area contributed by atoms with Crippen molar-refractivity contribution in [2.24, 2.45) is 4.99 Å². The third-order valence-electron chi connectivity index (χ3n) is 2.39. The SMILES string of the molecule is C[C@@H]1CC(=O)NC(SCc2ccccc2Cl)=N1. The van der Waals surface area contributed by atoms with Crippen LogP contribution in [0.2, 0.25) is 5.02 Å². The Morgan fingerprint density at radius 3 is 3.00 bits per heavy atom. The summed E-state index contributed by atoms with van der Waals surface area (Å²) in [5.74, 6) is 0.750. The number of thioether (sulfide) groups is 1. The van der Waals surface area contributed by atoms with Gasteiger partial charge in [-0.3, -0.25) is 9.79 Å². The molecule has 0 saturated carbocycles. The number of aliphatic imine (C=N–C) groups is 1. The number of halogens is 1. The Labute approximate surface area is 110 Å². The molecule has 0 radical (unpaired) electrons. The average molecular weight is 269 g/mol. The Morgan fingerprint density at radius 2 is 2.29 bits per heavy atom. The van der Waals surface area contributed by atoms with Gasteiger partial charge in [-0.2, -0.15) is 0 Å². The average Bonchev–Trinajstić information content (AvgIpc) is 2.27. The van der Waals surface area contributed by atoms with Crippen molar-refractivity contribution in [3.05, 3.63) is 34.9 Å². The fraction of sp³-hybridized carbons (Fsp3) is 0.333. The van der Waals surface area contributed by atoms with E-state index in [0.717, 1.165) is 10.6 Å². The van der Waals surface area contributed by atoms with E-state index in [0.29, 0.717) is 17.3 Å². The Balaban J connectivity index is 1.99. The first kappa shape index (κ1) is 12.5. The predicted octanol–water partition coefficient (Wildman–Crippen LogP) is 2.84. The number of hydrogen-bond acceptors (Lipinski definition) is 3. The highest BCUT2D eigenvalue weighted by atomic mass is 35.5. The Morgan fingerprint density at radius 1 is 1.53 bits per heavy atom. The third-order valence-corrected chi connectivity index (χ3v) is 3.69. The summed E-state index contributed by atoms with van der Waals surface area (Å²) in [6.45, 7) is 1.94. The summed E-state index contributed by atoms with van der Waals surface area (Å²) < 4.78 is 0. The molecule has 5 heteroatoms. The van der Waals surface area contributed by atoms with Gasteiger partial charge in [-0.05, 0) is 18.6 Å². The number of carbonyl (C=O) groups excluding carboxylic acids is 1. The fourth-order valence-electron chi connectivity index (χ4n) is 1.55. The van der Waals surface area contributed by atoms with Gasteiger partial charge in [-0.1, -0.05) is 41.6 Å². The highest BCUT2D eigenvalue weighted by Crippen LogP contribution is 2.22. The topological polar surface area (TPSA) is 41.5 Å². The Bertz CT molecular complexity index is 462. The van der Waals surface area contributed by atoms with Gasteiger partial charge in [0.2, 0.25) is 5.91 Å². The van der Waals surface area contributed by atoms with Crippen LogP contribution < -0.4 is 5.32 Å². The second kappa shape index (κ2) is 5.56. The molecule has 90 valence electrons. The van der Waals surface area contributed by atoms with Crippen molar-refractivity contribution >= 4 is 34.4 Å². The van der Waals surface area contributed by atoms with Gasteiger partial charge in [0.1, 0.15) is 0 Å². The first-order chi connectivity index (χ1) is 8.15. The van der Waals surface area contributed by atoms with E-state index in [2.05, 4.69) is 10.3 Å². The lowest BCUT2D eigenvalue weighted by molar-refractivity contribution is -0.120. The minimum absolute atomic E-state index is 0.0363. The second-order valence-corrected chi connectivity index (χ2v) is 5.29. The zero-order valence-corrected chi connectivity index (χ0v) is 11.0. The van der Waals surface area contributed by atoms with Gasteiger partial charge in [0.05, 0.1) is 6.04 Å². The van der Waals surface area contributed by atoms with Gasteiger partial charge < -0.3 is 5.32 Å². The molecule has 1 N–H and O–H groups in total. The normalized spacial score (nSPS) is 19.8. The molecular weight excluding hydrogens is 256 g/mol. The Hall–Kier alpha value is -1.00. The highest BCUT2D eigenvalue weighted by molar-refractivity contribution is 8.13. The maximum Gasteiger partial charge on any atom is 0.228 e. The summed E-state index contributed by atoms with van der Waals surface area (Å²) in [7, 11) is 0. The molecule has 2 rings (SSSR count). The lowest BCUT2D eigenvalue weighted by Crippen LogP contribution is -2.35. The summed E-state index contributed by atoms with van der Waals surface area (Å²) >= 11 is 7.56. The zero-order chi connectivity index (χ0) is 12.3. The van der Waals surface area contributed by atoms with Crippen molar-refractivity contribution in [3.63, 3.8) is 0 Å². The standard InChI is InChI=1S/C12H13ClN2OS/c1-8-6-11(16)15-12(14-8)17-7-9-4-2-3-5-10(9)13/h2-5,8H,6-7H2,1H3,(H,14,15,16)/t8-/m1/s1. The van der Waals surface area contributed by atoms with E-state index in [9.17, 15) is 4.79 Å². The number of amides is 1. The van der Waals surface area contributed by atoms with Crippen LogP contribution in [0.15, 0.2) is 29.3 Å². The molecule has 1 aromatic carbocycles. The minimum Gasteiger partial charge on any atom is -0.305 e. The van der Waals surface area contributed by atoms with E-state index in [1.807, 2.05) is 31.2 Å². The van der Waals surface area contributed by atoms with Gasteiger partial charge in [0.15, 0.2) is 5.17 Å². The van der Waals surface area contributed by atoms with Crippen LogP contribution in [0.25, 0.3) is 0 Å². The number of nitrogens with zero attached hydrogens (tertiary/aromatic N) is 1. The number of amidine groups is 1. The van der Waals surface area contributed by atoms with E-state index in [-0.39, 0.29) is 11.9 Å². The zero-order valence-electron chi connectivity index (χ0n) is 9.44. The van der Waals surface area contributed by atoms with E-state index < -0.39 is 0 Å². The largest absolute Gasteiger partial charge is 0.305 e. The van der Waals surface area contributed by atoms with Crippen LogP contribution >= 0.6 is 23.4 Å². The maximum atomic E-state index is 11.3. The van der Waals surface area contributed by atoms with E-state index in [1.165, 1.54) is 11.8 Å². The molecule has 1 aliphatic rings. The maximum absolute atomic E-state index is 11.3. The molecule has 3 nitrogen and oxygen atoms in total. The summed E-state index contributed by atoms with van der Waals surface area (Å²) in [6.07, 6.45) is 0.468. The van der Waals surface area contributed by atoms with Crippen LogP contribution in [0, 0.1) is 0 Å². The molecule has 0 saturated heterocycles. The molecule has 0 aromatic heterocycles. The summed E-state index contributed by atoms with van der Waals surface area (Å²) in [4.78, 5) is 15.7. The van der Waals surface area contributed by atoms with Crippen LogP contribution in [0.4, 0.5) is 0 Å². The van der Waals surface area contributed by atoms with Crippen LogP contribution in [-0.4, -0.2) is 17.1 Å². The molecule has 1 aromatic rings. The Kier molecular flexibility index (Phi) is 4.07. The molecule has 17 heavy (non-hydrogen) atoms. The van der Waals surface area contributed by atoms with Crippen LogP contribution in [-0.2, 0) is 10.5 Å². The van der Waals surface area contributed by atoms with Crippen LogP contribution in [0.1, 0.15) is 18.9 Å². The smallest absolute Gasteiger partial charge is 0.228 e. The monoisotopic (exact) mass is 268 g/mol. The van der Waals surface area contributed by atoms with Crippen molar-refractivity contribution < 1.29 is 4.79 Å². The third kappa shape index (κ3) is 3.48. The number of carbonyl (C=O) groups is 1. The fourth-order valence-corrected chi connectivity index (χ4v) is 2.82. The molecule has 0 aliphatic carbocycles. The number of rotatable bonds is 2. The lowest BCUT2D eigenvalue weighted by Gasteiger charge is -2.17. The van der Waals surface area contributed by atoms with Gasteiger partial charge in [-0.25, -0.2) is 0 Å². The predicted molar refractivity (Wildman–Crippen MR) is 72.4 cm³/mol. The van der Waals surface area contributed by atoms with Gasteiger partial charge in [0, 0.05) is 17.2 Å². The summed E-state index contributed by atoms with van der Waals surface area (Å²) in [5.41, 5.74) is 1.05. The lowest BCUT2D eigenvalue weighted by atomic mass is 10.2. The van der Waals surface area contributed by atoms with Crippen molar-refractivity contribution in [1.82, 2.24) is 5.32 Å². The number of nitrogens with one attached hydrogen (secondary N) is 1. The van der Waals surface area contributed by atoms with Gasteiger partial charge in [0.25, 0.3) is 0 Å². The van der Waals surface area contributed by atoms with Gasteiger partial charge >= 0.3 is 0 Å². The van der Waals surface area contributed by atoms with Gasteiger partial charge in [-0.15, -0.1) is 0 Å². The van der Waals surface area contributed by atoms with Crippen molar-refractivity contribution in [2.45, 2.75) is 25.1 Å². The van der Waals surface area contributed by atoms with Crippen molar-refractivity contribution in [3.8, 4) is 0 Å². The summed E-state index contributed by atoms with van der Waals surface area (Å²) in [5, 5.41) is 4.20. The molecule has 1 aliphatic heterocycles. The number of hydrogen-bond donors (Lipinski definition) is 1. The minimum atomic E-state index is 0.0363. The van der Waals surface area contributed by atoms with E-state index in [4.69, 9.17) is 11.6 Å². The van der Waals surface area contributed by atoms with Crippen LogP contribution in [0.3, 0.4) is 0 Å². The van der Waals surface area contributed by atoms with E-state index in [1.54, 1.807) is 0 Å². The molecule has 0 fully saturated rings.